The van der Waals surface area contributed by atoms with E-state index in [9.17, 15) is 4.79 Å². The molecule has 1 amide bonds. The van der Waals surface area contributed by atoms with Gasteiger partial charge in [-0.15, -0.1) is 0 Å². The molecule has 0 spiro atoms. The zero-order valence-corrected chi connectivity index (χ0v) is 13.0. The van der Waals surface area contributed by atoms with Crippen LogP contribution in [0.1, 0.15) is 12.0 Å². The van der Waals surface area contributed by atoms with Gasteiger partial charge < -0.3 is 14.4 Å². The van der Waals surface area contributed by atoms with Crippen LogP contribution in [0.3, 0.4) is 0 Å². The quantitative estimate of drug-likeness (QED) is 0.843. The number of benzene rings is 1. The first-order chi connectivity index (χ1) is 11.2. The van der Waals surface area contributed by atoms with Gasteiger partial charge in [0.2, 0.25) is 5.88 Å². The number of nitrogens with zero attached hydrogens (tertiary/aromatic N) is 3. The molecule has 1 fully saturated rings. The highest BCUT2D eigenvalue weighted by Gasteiger charge is 2.28. The topological polar surface area (TPSA) is 64.5 Å². The standard InChI is InChI=1S/C17H19N3O3/c1-13-3-2-4-14(9-13)22-12-17(21)20-8-5-15(11-20)23-16-10-18-6-7-19-16/h2-4,6-7,9-10,15H,5,8,11-12H2,1H3/t15-/m0/s1. The Kier molecular flexibility index (Phi) is 4.71. The van der Waals surface area contributed by atoms with E-state index in [0.29, 0.717) is 24.7 Å². The highest BCUT2D eigenvalue weighted by molar-refractivity contribution is 5.78. The Labute approximate surface area is 135 Å². The molecule has 1 aromatic carbocycles. The van der Waals surface area contributed by atoms with Gasteiger partial charge in [-0.2, -0.15) is 0 Å². The van der Waals surface area contributed by atoms with E-state index in [4.69, 9.17) is 9.47 Å². The lowest BCUT2D eigenvalue weighted by atomic mass is 10.2. The zero-order valence-electron chi connectivity index (χ0n) is 13.0. The van der Waals surface area contributed by atoms with Gasteiger partial charge in [-0.3, -0.25) is 9.78 Å². The molecule has 0 radical (unpaired) electrons. The van der Waals surface area contributed by atoms with Crippen molar-refractivity contribution in [2.24, 2.45) is 0 Å². The van der Waals surface area contributed by atoms with Crippen LogP contribution in [-0.2, 0) is 4.79 Å². The average Bonchev–Trinajstić information content (AvgIpc) is 3.02. The molecular weight excluding hydrogens is 294 g/mol. The second-order valence-electron chi connectivity index (χ2n) is 5.52. The van der Waals surface area contributed by atoms with E-state index < -0.39 is 0 Å². The molecular formula is C17H19N3O3. The van der Waals surface area contributed by atoms with Crippen LogP contribution in [0.2, 0.25) is 0 Å². The number of carbonyl (C=O) groups excluding carboxylic acids is 1. The van der Waals surface area contributed by atoms with Gasteiger partial charge in [0.1, 0.15) is 11.9 Å². The number of amides is 1. The van der Waals surface area contributed by atoms with Crippen LogP contribution in [0, 0.1) is 6.92 Å². The van der Waals surface area contributed by atoms with Gasteiger partial charge >= 0.3 is 0 Å². The van der Waals surface area contributed by atoms with Gasteiger partial charge in [0, 0.05) is 25.4 Å². The third-order valence-electron chi connectivity index (χ3n) is 3.68. The number of rotatable bonds is 5. The molecule has 3 rings (SSSR count). The molecule has 0 bridgehead atoms. The minimum atomic E-state index is -0.0466. The van der Waals surface area contributed by atoms with Crippen molar-refractivity contribution in [1.29, 1.82) is 0 Å². The first-order valence-corrected chi connectivity index (χ1v) is 7.60. The van der Waals surface area contributed by atoms with Gasteiger partial charge in [-0.05, 0) is 24.6 Å². The minimum Gasteiger partial charge on any atom is -0.484 e. The van der Waals surface area contributed by atoms with E-state index in [2.05, 4.69) is 9.97 Å². The van der Waals surface area contributed by atoms with Crippen molar-refractivity contribution in [3.05, 3.63) is 48.4 Å². The van der Waals surface area contributed by atoms with Crippen LogP contribution >= 0.6 is 0 Å². The van der Waals surface area contributed by atoms with Crippen LogP contribution in [0.5, 0.6) is 11.6 Å². The number of aromatic nitrogens is 2. The average molecular weight is 313 g/mol. The summed E-state index contributed by atoms with van der Waals surface area (Å²) in [4.78, 5) is 22.0. The fraction of sp³-hybridized carbons (Fsp3) is 0.353. The summed E-state index contributed by atoms with van der Waals surface area (Å²) in [6.07, 6.45) is 5.50. The van der Waals surface area contributed by atoms with Crippen LogP contribution in [0.4, 0.5) is 0 Å². The third kappa shape index (κ3) is 4.18. The first-order valence-electron chi connectivity index (χ1n) is 7.60. The van der Waals surface area contributed by atoms with Gasteiger partial charge in [0.25, 0.3) is 5.91 Å². The summed E-state index contributed by atoms with van der Waals surface area (Å²) in [5.41, 5.74) is 1.11. The Morgan fingerprint density at radius 3 is 3.09 bits per heavy atom. The third-order valence-corrected chi connectivity index (χ3v) is 3.68. The minimum absolute atomic E-state index is 0.0308. The molecule has 2 heterocycles. The van der Waals surface area contributed by atoms with Crippen molar-refractivity contribution in [2.75, 3.05) is 19.7 Å². The molecule has 120 valence electrons. The maximum absolute atomic E-state index is 12.2. The molecule has 0 aliphatic carbocycles. The van der Waals surface area contributed by atoms with E-state index in [-0.39, 0.29) is 18.6 Å². The molecule has 2 aromatic rings. The molecule has 1 aromatic heterocycles. The van der Waals surface area contributed by atoms with E-state index >= 15 is 0 Å². The van der Waals surface area contributed by atoms with Crippen molar-refractivity contribution in [2.45, 2.75) is 19.4 Å². The lowest BCUT2D eigenvalue weighted by Crippen LogP contribution is -2.34. The van der Waals surface area contributed by atoms with E-state index in [1.165, 1.54) is 0 Å². The summed E-state index contributed by atoms with van der Waals surface area (Å²) in [6, 6.07) is 7.67. The molecule has 0 N–H and O–H groups in total. The van der Waals surface area contributed by atoms with Gasteiger partial charge in [-0.25, -0.2) is 4.98 Å². The number of likely N-dealkylation sites (tertiary alicyclic amines) is 1. The van der Waals surface area contributed by atoms with Crippen LogP contribution in [0.25, 0.3) is 0 Å². The Morgan fingerprint density at radius 1 is 1.39 bits per heavy atom. The number of hydrogen-bond donors (Lipinski definition) is 0. The smallest absolute Gasteiger partial charge is 0.260 e. The van der Waals surface area contributed by atoms with Crippen molar-refractivity contribution < 1.29 is 14.3 Å². The van der Waals surface area contributed by atoms with Crippen molar-refractivity contribution in [3.63, 3.8) is 0 Å². The molecule has 23 heavy (non-hydrogen) atoms. The zero-order chi connectivity index (χ0) is 16.1. The van der Waals surface area contributed by atoms with E-state index in [1.54, 1.807) is 23.5 Å². The van der Waals surface area contributed by atoms with Crippen LogP contribution in [0.15, 0.2) is 42.9 Å². The van der Waals surface area contributed by atoms with E-state index in [0.717, 1.165) is 12.0 Å². The molecule has 0 saturated carbocycles. The molecule has 1 aliphatic rings. The second-order valence-corrected chi connectivity index (χ2v) is 5.52. The molecule has 6 nitrogen and oxygen atoms in total. The maximum Gasteiger partial charge on any atom is 0.260 e. The van der Waals surface area contributed by atoms with Gasteiger partial charge in [-0.1, -0.05) is 12.1 Å². The highest BCUT2D eigenvalue weighted by Crippen LogP contribution is 2.17. The largest absolute Gasteiger partial charge is 0.484 e. The fourth-order valence-corrected chi connectivity index (χ4v) is 2.51. The Hall–Kier alpha value is -2.63. The molecule has 1 saturated heterocycles. The Balaban J connectivity index is 1.47. The summed E-state index contributed by atoms with van der Waals surface area (Å²) in [6.45, 7) is 3.25. The Morgan fingerprint density at radius 2 is 2.30 bits per heavy atom. The van der Waals surface area contributed by atoms with Gasteiger partial charge in [0.05, 0.1) is 12.7 Å². The molecule has 6 heteroatoms. The predicted octanol–water partition coefficient (Wildman–Crippen LogP) is 1.84. The molecule has 0 unspecified atom stereocenters. The van der Waals surface area contributed by atoms with Crippen molar-refractivity contribution in [3.8, 4) is 11.6 Å². The summed E-state index contributed by atoms with van der Waals surface area (Å²) in [5, 5.41) is 0. The number of carbonyl (C=O) groups is 1. The number of aryl methyl sites for hydroxylation is 1. The van der Waals surface area contributed by atoms with Gasteiger partial charge in [0.15, 0.2) is 6.61 Å². The lowest BCUT2D eigenvalue weighted by Gasteiger charge is -2.17. The van der Waals surface area contributed by atoms with Crippen LogP contribution < -0.4 is 9.47 Å². The van der Waals surface area contributed by atoms with E-state index in [1.807, 2.05) is 31.2 Å². The number of hydrogen-bond acceptors (Lipinski definition) is 5. The maximum atomic E-state index is 12.2. The highest BCUT2D eigenvalue weighted by atomic mass is 16.5. The summed E-state index contributed by atoms with van der Waals surface area (Å²) >= 11 is 0. The van der Waals surface area contributed by atoms with Crippen LogP contribution in [-0.4, -0.2) is 46.6 Å². The normalized spacial score (nSPS) is 17.1. The monoisotopic (exact) mass is 313 g/mol. The predicted molar refractivity (Wildman–Crippen MR) is 84.3 cm³/mol. The second kappa shape index (κ2) is 7.09. The van der Waals surface area contributed by atoms with Crippen molar-refractivity contribution in [1.82, 2.24) is 14.9 Å². The first kappa shape index (κ1) is 15.3. The van der Waals surface area contributed by atoms with Crippen molar-refractivity contribution >= 4 is 5.91 Å². The number of ether oxygens (including phenoxy) is 2. The lowest BCUT2D eigenvalue weighted by molar-refractivity contribution is -0.132. The summed E-state index contributed by atoms with van der Waals surface area (Å²) < 4.78 is 11.3. The molecule has 1 atom stereocenters. The molecule has 1 aliphatic heterocycles. The summed E-state index contributed by atoms with van der Waals surface area (Å²) in [7, 11) is 0. The Bertz CT molecular complexity index is 663. The fourth-order valence-electron chi connectivity index (χ4n) is 2.51. The SMILES string of the molecule is Cc1cccc(OCC(=O)N2CC[C@H](Oc3cnccn3)C2)c1. The summed E-state index contributed by atoms with van der Waals surface area (Å²) in [5.74, 6) is 1.17.